The van der Waals surface area contributed by atoms with E-state index in [0.717, 1.165) is 32.1 Å². The lowest BCUT2D eigenvalue weighted by Gasteiger charge is -2.11. The largest absolute Gasteiger partial charge is 0.472 e. The van der Waals surface area contributed by atoms with Crippen LogP contribution in [-0.4, -0.2) is 18.1 Å². The zero-order valence-corrected chi connectivity index (χ0v) is 19.9. The van der Waals surface area contributed by atoms with Gasteiger partial charge >= 0.3 is 7.82 Å². The molecule has 0 radical (unpaired) electrons. The Kier molecular flexibility index (Phi) is 21.9. The SMILES string of the molecule is CCCCCCCCCCCCCCCCCCOP(=O)(O)OCCCCC. The Hall–Kier alpha value is 0.110. The molecule has 0 aliphatic rings. The van der Waals surface area contributed by atoms with Gasteiger partial charge in [-0.2, -0.15) is 0 Å². The van der Waals surface area contributed by atoms with Crippen LogP contribution >= 0.6 is 7.82 Å². The third kappa shape index (κ3) is 22.4. The van der Waals surface area contributed by atoms with Crippen molar-refractivity contribution in [2.24, 2.45) is 0 Å². The van der Waals surface area contributed by atoms with E-state index in [4.69, 9.17) is 9.05 Å². The van der Waals surface area contributed by atoms with Gasteiger partial charge in [-0.05, 0) is 12.8 Å². The highest BCUT2D eigenvalue weighted by molar-refractivity contribution is 7.47. The summed E-state index contributed by atoms with van der Waals surface area (Å²) in [5.74, 6) is 0. The van der Waals surface area contributed by atoms with Crippen molar-refractivity contribution in [1.82, 2.24) is 0 Å². The first-order valence-electron chi connectivity index (χ1n) is 12.2. The van der Waals surface area contributed by atoms with Crippen molar-refractivity contribution in [2.45, 2.75) is 136 Å². The molecular weight excluding hydrogens is 371 g/mol. The molecule has 0 aromatic heterocycles. The topological polar surface area (TPSA) is 55.8 Å². The van der Waals surface area contributed by atoms with Gasteiger partial charge < -0.3 is 4.89 Å². The number of hydrogen-bond donors (Lipinski definition) is 1. The van der Waals surface area contributed by atoms with E-state index >= 15 is 0 Å². The predicted octanol–water partition coefficient (Wildman–Crippen LogP) is 8.57. The van der Waals surface area contributed by atoms with Crippen LogP contribution in [0.25, 0.3) is 0 Å². The maximum absolute atomic E-state index is 11.6. The highest BCUT2D eigenvalue weighted by atomic mass is 31.2. The third-order valence-electron chi connectivity index (χ3n) is 5.25. The highest BCUT2D eigenvalue weighted by Crippen LogP contribution is 2.43. The average molecular weight is 421 g/mol. The van der Waals surface area contributed by atoms with Gasteiger partial charge in [0.05, 0.1) is 13.2 Å². The summed E-state index contributed by atoms with van der Waals surface area (Å²) in [4.78, 5) is 9.55. The summed E-state index contributed by atoms with van der Waals surface area (Å²) >= 11 is 0. The molecule has 0 aliphatic heterocycles. The lowest BCUT2D eigenvalue weighted by atomic mass is 10.0. The Balaban J connectivity index is 3.20. The molecule has 0 aromatic rings. The lowest BCUT2D eigenvalue weighted by Crippen LogP contribution is -1.99. The van der Waals surface area contributed by atoms with Crippen LogP contribution in [0, 0.1) is 0 Å². The smallest absolute Gasteiger partial charge is 0.302 e. The van der Waals surface area contributed by atoms with Crippen molar-refractivity contribution in [3.63, 3.8) is 0 Å². The average Bonchev–Trinajstić information content (AvgIpc) is 2.67. The number of unbranched alkanes of at least 4 members (excludes halogenated alkanes) is 17. The van der Waals surface area contributed by atoms with Gasteiger partial charge in [0.25, 0.3) is 0 Å². The van der Waals surface area contributed by atoms with Crippen LogP contribution < -0.4 is 0 Å². The summed E-state index contributed by atoms with van der Waals surface area (Å²) in [6.07, 6.45) is 24.0. The van der Waals surface area contributed by atoms with Crippen molar-refractivity contribution in [3.05, 3.63) is 0 Å². The number of phosphoric ester groups is 1. The van der Waals surface area contributed by atoms with Crippen molar-refractivity contribution in [2.75, 3.05) is 13.2 Å². The quantitative estimate of drug-likeness (QED) is 0.133. The summed E-state index contributed by atoms with van der Waals surface area (Å²) < 4.78 is 21.6. The summed E-state index contributed by atoms with van der Waals surface area (Å²) in [6, 6.07) is 0. The monoisotopic (exact) mass is 420 g/mol. The van der Waals surface area contributed by atoms with Crippen LogP contribution in [0.4, 0.5) is 0 Å². The zero-order chi connectivity index (χ0) is 20.8. The summed E-state index contributed by atoms with van der Waals surface area (Å²) in [7, 11) is -3.82. The molecule has 28 heavy (non-hydrogen) atoms. The van der Waals surface area contributed by atoms with Gasteiger partial charge in [0.2, 0.25) is 0 Å². The van der Waals surface area contributed by atoms with Gasteiger partial charge in [0, 0.05) is 0 Å². The maximum atomic E-state index is 11.6. The van der Waals surface area contributed by atoms with E-state index in [2.05, 4.69) is 13.8 Å². The molecular formula is C23H49O4P. The van der Waals surface area contributed by atoms with Crippen LogP contribution in [-0.2, 0) is 13.6 Å². The molecule has 170 valence electrons. The summed E-state index contributed by atoms with van der Waals surface area (Å²) in [6.45, 7) is 4.99. The molecule has 1 atom stereocenters. The maximum Gasteiger partial charge on any atom is 0.472 e. The van der Waals surface area contributed by atoms with Crippen molar-refractivity contribution in [3.8, 4) is 0 Å². The van der Waals surface area contributed by atoms with Crippen LogP contribution in [0.5, 0.6) is 0 Å². The Labute approximate surface area is 175 Å². The molecule has 0 rings (SSSR count). The highest BCUT2D eigenvalue weighted by Gasteiger charge is 2.19. The van der Waals surface area contributed by atoms with Crippen LogP contribution in [0.15, 0.2) is 0 Å². The van der Waals surface area contributed by atoms with Crippen molar-refractivity contribution >= 4 is 7.82 Å². The van der Waals surface area contributed by atoms with Gasteiger partial charge in [-0.3, -0.25) is 9.05 Å². The van der Waals surface area contributed by atoms with E-state index < -0.39 is 7.82 Å². The first-order valence-corrected chi connectivity index (χ1v) is 13.7. The Morgan fingerprint density at radius 1 is 0.500 bits per heavy atom. The van der Waals surface area contributed by atoms with Crippen LogP contribution in [0.2, 0.25) is 0 Å². The van der Waals surface area contributed by atoms with Gasteiger partial charge in [0.1, 0.15) is 0 Å². The van der Waals surface area contributed by atoms with E-state index in [9.17, 15) is 9.46 Å². The Bertz CT molecular complexity index is 349. The predicted molar refractivity (Wildman–Crippen MR) is 121 cm³/mol. The first kappa shape index (κ1) is 28.1. The molecule has 1 N–H and O–H groups in total. The minimum Gasteiger partial charge on any atom is -0.302 e. The molecule has 4 nitrogen and oxygen atoms in total. The number of hydrogen-bond acceptors (Lipinski definition) is 3. The van der Waals surface area contributed by atoms with E-state index in [0.29, 0.717) is 13.2 Å². The summed E-state index contributed by atoms with van der Waals surface area (Å²) in [5.41, 5.74) is 0. The molecule has 0 saturated carbocycles. The summed E-state index contributed by atoms with van der Waals surface area (Å²) in [5, 5.41) is 0. The molecule has 0 bridgehead atoms. The fourth-order valence-corrected chi connectivity index (χ4v) is 4.19. The molecule has 0 fully saturated rings. The Morgan fingerprint density at radius 3 is 1.11 bits per heavy atom. The fraction of sp³-hybridized carbons (Fsp3) is 1.00. The van der Waals surface area contributed by atoms with Crippen LogP contribution in [0.1, 0.15) is 136 Å². The number of rotatable bonds is 23. The van der Waals surface area contributed by atoms with Gasteiger partial charge in [0.15, 0.2) is 0 Å². The van der Waals surface area contributed by atoms with Crippen LogP contribution in [0.3, 0.4) is 0 Å². The molecule has 0 aromatic carbocycles. The van der Waals surface area contributed by atoms with Gasteiger partial charge in [-0.15, -0.1) is 0 Å². The third-order valence-corrected chi connectivity index (χ3v) is 6.27. The number of phosphoric acid groups is 1. The second-order valence-corrected chi connectivity index (χ2v) is 9.60. The van der Waals surface area contributed by atoms with E-state index in [-0.39, 0.29) is 0 Å². The minimum atomic E-state index is -3.82. The normalized spacial score (nSPS) is 13.7. The van der Waals surface area contributed by atoms with Crippen molar-refractivity contribution in [1.29, 1.82) is 0 Å². The van der Waals surface area contributed by atoms with E-state index in [1.54, 1.807) is 0 Å². The zero-order valence-electron chi connectivity index (χ0n) is 19.0. The van der Waals surface area contributed by atoms with E-state index in [1.165, 1.54) is 89.9 Å². The molecule has 5 heteroatoms. The Morgan fingerprint density at radius 2 is 0.750 bits per heavy atom. The second kappa shape index (κ2) is 21.8. The standard InChI is InChI=1S/C23H49O4P/c1-3-5-7-8-9-10-11-12-13-14-15-16-17-18-19-21-23-27-28(24,25)26-22-20-6-4-2/h3-23H2,1-2H3,(H,24,25). The molecule has 0 spiro atoms. The van der Waals surface area contributed by atoms with Crippen molar-refractivity contribution < 1.29 is 18.5 Å². The molecule has 0 aliphatic carbocycles. The van der Waals surface area contributed by atoms with Gasteiger partial charge in [-0.1, -0.05) is 123 Å². The molecule has 0 saturated heterocycles. The fourth-order valence-electron chi connectivity index (χ4n) is 3.40. The van der Waals surface area contributed by atoms with Gasteiger partial charge in [-0.25, -0.2) is 4.57 Å². The minimum absolute atomic E-state index is 0.306. The second-order valence-electron chi connectivity index (χ2n) is 8.15. The van der Waals surface area contributed by atoms with E-state index in [1.807, 2.05) is 0 Å². The molecule has 1 unspecified atom stereocenters. The first-order chi connectivity index (χ1) is 13.6. The molecule has 0 amide bonds. The lowest BCUT2D eigenvalue weighted by molar-refractivity contribution is 0.145. The molecule has 0 heterocycles.